The maximum atomic E-state index is 12.3. The monoisotopic (exact) mass is 554 g/mol. The standard InChI is InChI=1S/C24H28Cl2N4O5S/c1-36(33,34)30(22-13-18(25)9-12-21(22)26)15-23(31)29-27-14-17-7-10-20(11-8-17)35-16-24(32)28-19-5-3-2-4-6-19/h7-14,19H,2-6,15-16H2,1H3,(H,28,32)(H,29,31)/b27-14-. The predicted molar refractivity (Wildman–Crippen MR) is 141 cm³/mol. The molecule has 0 aliphatic heterocycles. The number of benzene rings is 2. The molecule has 0 aromatic heterocycles. The average Bonchev–Trinajstić information content (AvgIpc) is 2.84. The fraction of sp³-hybridized carbons (Fsp3) is 0.375. The van der Waals surface area contributed by atoms with E-state index in [1.165, 1.54) is 30.8 Å². The van der Waals surface area contributed by atoms with Crippen LogP contribution in [0.5, 0.6) is 5.75 Å². The zero-order valence-corrected chi connectivity index (χ0v) is 22.1. The number of halogens is 2. The SMILES string of the molecule is CS(=O)(=O)N(CC(=O)N/N=C\c1ccc(OCC(=O)NC2CCCCC2)cc1)c1cc(Cl)ccc1Cl. The van der Waals surface area contributed by atoms with E-state index < -0.39 is 22.5 Å². The Morgan fingerprint density at radius 2 is 1.78 bits per heavy atom. The van der Waals surface area contributed by atoms with Crippen molar-refractivity contribution in [3.05, 3.63) is 58.1 Å². The first-order valence-corrected chi connectivity index (χ1v) is 14.0. The fourth-order valence-corrected chi connectivity index (χ4v) is 5.01. The number of rotatable bonds is 10. The summed E-state index contributed by atoms with van der Waals surface area (Å²) in [6.45, 7) is -0.598. The van der Waals surface area contributed by atoms with Crippen molar-refractivity contribution in [2.45, 2.75) is 38.1 Å². The third-order valence-electron chi connectivity index (χ3n) is 5.49. The van der Waals surface area contributed by atoms with Crippen molar-refractivity contribution in [2.24, 2.45) is 5.10 Å². The van der Waals surface area contributed by atoms with Gasteiger partial charge in [-0.15, -0.1) is 0 Å². The van der Waals surface area contributed by atoms with Gasteiger partial charge < -0.3 is 10.1 Å². The number of nitrogens with zero attached hydrogens (tertiary/aromatic N) is 2. The van der Waals surface area contributed by atoms with Gasteiger partial charge in [-0.1, -0.05) is 42.5 Å². The number of carbonyl (C=O) groups excluding carboxylic acids is 2. The molecule has 2 aromatic carbocycles. The summed E-state index contributed by atoms with van der Waals surface area (Å²) in [6.07, 6.45) is 7.88. The van der Waals surface area contributed by atoms with Gasteiger partial charge >= 0.3 is 0 Å². The van der Waals surface area contributed by atoms with Crippen LogP contribution in [0.1, 0.15) is 37.7 Å². The third-order valence-corrected chi connectivity index (χ3v) is 7.17. The van der Waals surface area contributed by atoms with Crippen molar-refractivity contribution in [1.29, 1.82) is 0 Å². The molecule has 0 unspecified atom stereocenters. The van der Waals surface area contributed by atoms with Gasteiger partial charge in [0.05, 0.1) is 23.2 Å². The van der Waals surface area contributed by atoms with E-state index in [2.05, 4.69) is 15.8 Å². The van der Waals surface area contributed by atoms with Gasteiger partial charge in [0.2, 0.25) is 10.0 Å². The minimum absolute atomic E-state index is 0.0620. The van der Waals surface area contributed by atoms with E-state index in [-0.39, 0.29) is 34.3 Å². The quantitative estimate of drug-likeness (QED) is 0.342. The van der Waals surface area contributed by atoms with Crippen molar-refractivity contribution in [3.8, 4) is 5.75 Å². The first kappa shape index (κ1) is 27.8. The maximum absolute atomic E-state index is 12.3. The van der Waals surface area contributed by atoms with Crippen LogP contribution < -0.4 is 19.8 Å². The molecule has 2 N–H and O–H groups in total. The zero-order chi connectivity index (χ0) is 26.1. The highest BCUT2D eigenvalue weighted by atomic mass is 35.5. The second-order valence-corrected chi connectivity index (χ2v) is 11.2. The van der Waals surface area contributed by atoms with Gasteiger partial charge in [0.1, 0.15) is 12.3 Å². The highest BCUT2D eigenvalue weighted by Crippen LogP contribution is 2.30. The van der Waals surface area contributed by atoms with Crippen LogP contribution in [0.15, 0.2) is 47.6 Å². The molecular weight excluding hydrogens is 527 g/mol. The number of hydrazone groups is 1. The van der Waals surface area contributed by atoms with Crippen molar-refractivity contribution in [3.63, 3.8) is 0 Å². The van der Waals surface area contributed by atoms with E-state index in [0.717, 1.165) is 36.2 Å². The highest BCUT2D eigenvalue weighted by molar-refractivity contribution is 7.92. The summed E-state index contributed by atoms with van der Waals surface area (Å²) in [5.41, 5.74) is 3.05. The van der Waals surface area contributed by atoms with Crippen LogP contribution in [0, 0.1) is 0 Å². The number of sulfonamides is 1. The van der Waals surface area contributed by atoms with Crippen LogP contribution in [0.4, 0.5) is 5.69 Å². The van der Waals surface area contributed by atoms with Crippen LogP contribution in [0.2, 0.25) is 10.0 Å². The number of hydrogen-bond acceptors (Lipinski definition) is 6. The van der Waals surface area contributed by atoms with Crippen LogP contribution in [-0.4, -0.2) is 51.9 Å². The second-order valence-electron chi connectivity index (χ2n) is 8.42. The number of hydrogen-bond donors (Lipinski definition) is 2. The number of nitrogens with one attached hydrogen (secondary N) is 2. The van der Waals surface area contributed by atoms with E-state index in [9.17, 15) is 18.0 Å². The first-order valence-electron chi connectivity index (χ1n) is 11.4. The Morgan fingerprint density at radius 1 is 1.08 bits per heavy atom. The van der Waals surface area contributed by atoms with Gasteiger partial charge in [0.15, 0.2) is 6.61 Å². The molecule has 194 valence electrons. The van der Waals surface area contributed by atoms with Gasteiger partial charge in [-0.25, -0.2) is 13.8 Å². The fourth-order valence-electron chi connectivity index (χ4n) is 3.72. The Kier molecular flexibility index (Phi) is 9.98. The lowest BCUT2D eigenvalue weighted by Gasteiger charge is -2.22. The molecular formula is C24H28Cl2N4O5S. The first-order chi connectivity index (χ1) is 17.1. The largest absolute Gasteiger partial charge is 0.484 e. The summed E-state index contributed by atoms with van der Waals surface area (Å²) >= 11 is 12.1. The summed E-state index contributed by atoms with van der Waals surface area (Å²) in [4.78, 5) is 24.4. The van der Waals surface area contributed by atoms with E-state index in [1.54, 1.807) is 24.3 Å². The maximum Gasteiger partial charge on any atom is 0.260 e. The van der Waals surface area contributed by atoms with Gasteiger partial charge in [-0.2, -0.15) is 5.10 Å². The zero-order valence-electron chi connectivity index (χ0n) is 19.7. The van der Waals surface area contributed by atoms with Crippen molar-refractivity contribution < 1.29 is 22.7 Å². The number of amides is 2. The molecule has 2 aromatic rings. The lowest BCUT2D eigenvalue weighted by molar-refractivity contribution is -0.124. The molecule has 0 spiro atoms. The van der Waals surface area contributed by atoms with Crippen molar-refractivity contribution in [2.75, 3.05) is 23.7 Å². The Hall–Kier alpha value is -2.82. The molecule has 9 nitrogen and oxygen atoms in total. The molecule has 1 saturated carbocycles. The molecule has 1 aliphatic rings. The number of anilines is 1. The molecule has 1 fully saturated rings. The highest BCUT2D eigenvalue weighted by Gasteiger charge is 2.23. The predicted octanol–water partition coefficient (Wildman–Crippen LogP) is 3.74. The number of ether oxygens (including phenoxy) is 1. The van der Waals surface area contributed by atoms with Gasteiger partial charge in [0, 0.05) is 11.1 Å². The van der Waals surface area contributed by atoms with Gasteiger partial charge in [-0.05, 0) is 60.9 Å². The second kappa shape index (κ2) is 12.9. The Morgan fingerprint density at radius 3 is 2.44 bits per heavy atom. The van der Waals surface area contributed by atoms with Gasteiger partial charge in [0.25, 0.3) is 11.8 Å². The van der Waals surface area contributed by atoms with E-state index in [0.29, 0.717) is 11.3 Å². The molecule has 12 heteroatoms. The van der Waals surface area contributed by atoms with E-state index in [1.807, 2.05) is 0 Å². The molecule has 0 bridgehead atoms. The summed E-state index contributed by atoms with van der Waals surface area (Å²) in [6, 6.07) is 11.3. The van der Waals surface area contributed by atoms with Gasteiger partial charge in [-0.3, -0.25) is 13.9 Å². The molecule has 2 amide bonds. The lowest BCUT2D eigenvalue weighted by atomic mass is 9.95. The Labute approximate surface area is 220 Å². The van der Waals surface area contributed by atoms with Crippen molar-refractivity contribution in [1.82, 2.24) is 10.7 Å². The number of carbonyl (C=O) groups is 2. The summed E-state index contributed by atoms with van der Waals surface area (Å²) in [5.74, 6) is -0.286. The van der Waals surface area contributed by atoms with Crippen LogP contribution in [0.3, 0.4) is 0 Å². The topological polar surface area (TPSA) is 117 Å². The normalized spacial score (nSPS) is 14.4. The molecule has 0 heterocycles. The molecule has 3 rings (SSSR count). The van der Waals surface area contributed by atoms with E-state index in [4.69, 9.17) is 27.9 Å². The van der Waals surface area contributed by atoms with Crippen LogP contribution in [0.25, 0.3) is 0 Å². The summed E-state index contributed by atoms with van der Waals surface area (Å²) in [5, 5.41) is 7.28. The minimum Gasteiger partial charge on any atom is -0.484 e. The van der Waals surface area contributed by atoms with Crippen LogP contribution in [-0.2, 0) is 19.6 Å². The molecule has 0 saturated heterocycles. The van der Waals surface area contributed by atoms with E-state index >= 15 is 0 Å². The molecule has 36 heavy (non-hydrogen) atoms. The smallest absolute Gasteiger partial charge is 0.260 e. The molecule has 0 radical (unpaired) electrons. The van der Waals surface area contributed by atoms with Crippen LogP contribution >= 0.6 is 23.2 Å². The Bertz CT molecular complexity index is 1200. The summed E-state index contributed by atoms with van der Waals surface area (Å²) in [7, 11) is -3.82. The minimum atomic E-state index is -3.82. The third kappa shape index (κ3) is 8.69. The lowest BCUT2D eigenvalue weighted by Crippen LogP contribution is -2.39. The molecule has 0 atom stereocenters. The summed E-state index contributed by atoms with van der Waals surface area (Å²) < 4.78 is 30.8. The molecule has 1 aliphatic carbocycles. The van der Waals surface area contributed by atoms with Crippen molar-refractivity contribution >= 4 is 56.9 Å². The average molecular weight is 555 g/mol. The Balaban J connectivity index is 1.49.